The van der Waals surface area contributed by atoms with Gasteiger partial charge in [-0.05, 0) is 41.5 Å². The van der Waals surface area contributed by atoms with Crippen LogP contribution in [-0.4, -0.2) is 14.8 Å². The Labute approximate surface area is 136 Å². The van der Waals surface area contributed by atoms with Gasteiger partial charge in [0.05, 0.1) is 9.85 Å². The quantitative estimate of drug-likeness (QED) is 0.529. The molecule has 0 amide bonds. The number of hydrogen-bond acceptors (Lipinski definition) is 5. The fourth-order valence-corrected chi connectivity index (χ4v) is 2.31. The van der Waals surface area contributed by atoms with Crippen molar-refractivity contribution in [3.8, 4) is 22.3 Å². The van der Waals surface area contributed by atoms with E-state index in [-0.39, 0.29) is 11.4 Å². The molecule has 0 aliphatic heterocycles. The van der Waals surface area contributed by atoms with Gasteiger partial charge < -0.3 is 0 Å². The molecule has 7 heteroatoms. The molecule has 24 heavy (non-hydrogen) atoms. The Morgan fingerprint density at radius 3 is 1.33 bits per heavy atom. The zero-order valence-corrected chi connectivity index (χ0v) is 12.3. The number of aromatic nitrogens is 1. The van der Waals surface area contributed by atoms with Gasteiger partial charge in [-0.2, -0.15) is 0 Å². The Hall–Kier alpha value is -3.61. The summed E-state index contributed by atoms with van der Waals surface area (Å²) >= 11 is 0. The first-order chi connectivity index (χ1) is 11.5. The van der Waals surface area contributed by atoms with Crippen LogP contribution in [0.3, 0.4) is 0 Å². The van der Waals surface area contributed by atoms with Crippen LogP contribution in [-0.2, 0) is 0 Å². The first-order valence-corrected chi connectivity index (χ1v) is 6.99. The van der Waals surface area contributed by atoms with Crippen molar-refractivity contribution >= 4 is 11.4 Å². The van der Waals surface area contributed by atoms with Gasteiger partial charge in [-0.15, -0.1) is 0 Å². The monoisotopic (exact) mass is 321 g/mol. The average Bonchev–Trinajstić information content (AvgIpc) is 2.62. The Morgan fingerprint density at radius 1 is 0.625 bits per heavy atom. The van der Waals surface area contributed by atoms with Crippen LogP contribution in [0.15, 0.2) is 67.0 Å². The molecule has 1 heterocycles. The summed E-state index contributed by atoms with van der Waals surface area (Å²) in [6, 6.07) is 14.3. The SMILES string of the molecule is O=[N+]([O-])c1ccc(-c2cncc(-c3ccc([N+](=O)[O-])cc3)c2)cc1. The highest BCUT2D eigenvalue weighted by Crippen LogP contribution is 2.27. The summed E-state index contributed by atoms with van der Waals surface area (Å²) in [4.78, 5) is 24.7. The van der Waals surface area contributed by atoms with Gasteiger partial charge in [-0.1, -0.05) is 0 Å². The van der Waals surface area contributed by atoms with Crippen LogP contribution in [0.25, 0.3) is 22.3 Å². The number of benzene rings is 2. The van der Waals surface area contributed by atoms with E-state index in [0.29, 0.717) is 0 Å². The molecule has 0 radical (unpaired) electrons. The van der Waals surface area contributed by atoms with Gasteiger partial charge in [0.2, 0.25) is 0 Å². The highest BCUT2D eigenvalue weighted by Gasteiger charge is 2.08. The molecule has 1 aromatic heterocycles. The van der Waals surface area contributed by atoms with Crippen LogP contribution < -0.4 is 0 Å². The summed E-state index contributed by atoms with van der Waals surface area (Å²) in [6.45, 7) is 0. The lowest BCUT2D eigenvalue weighted by atomic mass is 10.0. The van der Waals surface area contributed by atoms with Crippen molar-refractivity contribution in [1.29, 1.82) is 0 Å². The van der Waals surface area contributed by atoms with Gasteiger partial charge in [-0.3, -0.25) is 25.2 Å². The van der Waals surface area contributed by atoms with Crippen molar-refractivity contribution in [1.82, 2.24) is 4.98 Å². The number of pyridine rings is 1. The van der Waals surface area contributed by atoms with E-state index in [0.717, 1.165) is 22.3 Å². The number of nitro benzene ring substituents is 2. The third-order valence-corrected chi connectivity index (χ3v) is 3.56. The molecule has 0 spiro atoms. The highest BCUT2D eigenvalue weighted by molar-refractivity contribution is 5.72. The number of rotatable bonds is 4. The molecule has 7 nitrogen and oxygen atoms in total. The van der Waals surface area contributed by atoms with E-state index in [1.54, 1.807) is 36.7 Å². The second-order valence-corrected chi connectivity index (χ2v) is 5.07. The maximum atomic E-state index is 10.7. The normalized spacial score (nSPS) is 10.3. The maximum absolute atomic E-state index is 10.7. The summed E-state index contributed by atoms with van der Waals surface area (Å²) in [5.74, 6) is 0. The summed E-state index contributed by atoms with van der Waals surface area (Å²) in [7, 11) is 0. The van der Waals surface area contributed by atoms with Crippen LogP contribution in [0, 0.1) is 20.2 Å². The van der Waals surface area contributed by atoms with Gasteiger partial charge in [0.25, 0.3) is 11.4 Å². The van der Waals surface area contributed by atoms with Crippen molar-refractivity contribution in [3.63, 3.8) is 0 Å². The van der Waals surface area contributed by atoms with Crippen molar-refractivity contribution in [2.24, 2.45) is 0 Å². The molecule has 0 atom stereocenters. The number of hydrogen-bond donors (Lipinski definition) is 0. The molecule has 0 aliphatic carbocycles. The summed E-state index contributed by atoms with van der Waals surface area (Å²) < 4.78 is 0. The van der Waals surface area contributed by atoms with Gasteiger partial charge in [-0.25, -0.2) is 0 Å². The molecule has 0 saturated heterocycles. The standard InChI is InChI=1S/C17H11N3O4/c21-19(22)16-5-1-12(2-6-16)14-9-15(11-18-10-14)13-3-7-17(8-4-13)20(23)24/h1-11H. The van der Waals surface area contributed by atoms with Crippen molar-refractivity contribution in [3.05, 3.63) is 87.2 Å². The lowest BCUT2D eigenvalue weighted by molar-refractivity contribution is -0.385. The van der Waals surface area contributed by atoms with E-state index in [2.05, 4.69) is 4.98 Å². The third kappa shape index (κ3) is 3.09. The average molecular weight is 321 g/mol. The molecule has 118 valence electrons. The molecule has 3 rings (SSSR count). The molecule has 0 unspecified atom stereocenters. The molecule has 0 N–H and O–H groups in total. The number of non-ortho nitro benzene ring substituents is 2. The smallest absolute Gasteiger partial charge is 0.263 e. The summed E-state index contributed by atoms with van der Waals surface area (Å²) in [6.07, 6.45) is 3.33. The van der Waals surface area contributed by atoms with Crippen LogP contribution in [0.5, 0.6) is 0 Å². The van der Waals surface area contributed by atoms with Crippen molar-refractivity contribution < 1.29 is 9.85 Å². The fourth-order valence-electron chi connectivity index (χ4n) is 2.31. The minimum absolute atomic E-state index is 0.0261. The Balaban J connectivity index is 1.94. The highest BCUT2D eigenvalue weighted by atomic mass is 16.6. The van der Waals surface area contributed by atoms with Gasteiger partial charge >= 0.3 is 0 Å². The van der Waals surface area contributed by atoms with E-state index < -0.39 is 9.85 Å². The summed E-state index contributed by atoms with van der Waals surface area (Å²) in [5.41, 5.74) is 3.27. The van der Waals surface area contributed by atoms with Crippen LogP contribution in [0.2, 0.25) is 0 Å². The molecule has 0 saturated carbocycles. The van der Waals surface area contributed by atoms with Gasteiger partial charge in [0.15, 0.2) is 0 Å². The number of nitrogens with zero attached hydrogens (tertiary/aromatic N) is 3. The lowest BCUT2D eigenvalue weighted by Gasteiger charge is -2.05. The predicted octanol–water partition coefficient (Wildman–Crippen LogP) is 4.23. The van der Waals surface area contributed by atoms with E-state index in [4.69, 9.17) is 0 Å². The van der Waals surface area contributed by atoms with E-state index >= 15 is 0 Å². The van der Waals surface area contributed by atoms with E-state index in [1.165, 1.54) is 24.3 Å². The topological polar surface area (TPSA) is 99.2 Å². The van der Waals surface area contributed by atoms with Crippen LogP contribution >= 0.6 is 0 Å². The van der Waals surface area contributed by atoms with Crippen molar-refractivity contribution in [2.45, 2.75) is 0 Å². The fraction of sp³-hybridized carbons (Fsp3) is 0. The lowest BCUT2D eigenvalue weighted by Crippen LogP contribution is -1.89. The Morgan fingerprint density at radius 2 is 1.00 bits per heavy atom. The van der Waals surface area contributed by atoms with Gasteiger partial charge in [0, 0.05) is 47.8 Å². The van der Waals surface area contributed by atoms with E-state index in [9.17, 15) is 20.2 Å². The minimum Gasteiger partial charge on any atom is -0.263 e. The zero-order chi connectivity index (χ0) is 17.1. The van der Waals surface area contributed by atoms with Crippen LogP contribution in [0.4, 0.5) is 11.4 Å². The molecular weight excluding hydrogens is 310 g/mol. The second kappa shape index (κ2) is 6.25. The first-order valence-electron chi connectivity index (χ1n) is 6.99. The first kappa shape index (κ1) is 15.3. The largest absolute Gasteiger partial charge is 0.269 e. The molecular formula is C17H11N3O4. The molecule has 0 bridgehead atoms. The predicted molar refractivity (Wildman–Crippen MR) is 88.4 cm³/mol. The third-order valence-electron chi connectivity index (χ3n) is 3.56. The Bertz CT molecular complexity index is 833. The van der Waals surface area contributed by atoms with E-state index in [1.807, 2.05) is 6.07 Å². The molecule has 0 fully saturated rings. The summed E-state index contributed by atoms with van der Waals surface area (Å²) in [5, 5.41) is 21.4. The molecule has 3 aromatic rings. The molecule has 2 aromatic carbocycles. The van der Waals surface area contributed by atoms with Gasteiger partial charge in [0.1, 0.15) is 0 Å². The molecule has 0 aliphatic rings. The second-order valence-electron chi connectivity index (χ2n) is 5.07. The van der Waals surface area contributed by atoms with Crippen molar-refractivity contribution in [2.75, 3.05) is 0 Å². The maximum Gasteiger partial charge on any atom is 0.269 e. The zero-order valence-electron chi connectivity index (χ0n) is 12.3. The minimum atomic E-state index is -0.449. The number of nitro groups is 2. The van der Waals surface area contributed by atoms with Crippen LogP contribution in [0.1, 0.15) is 0 Å². The Kier molecular flexibility index (Phi) is 3.98.